The monoisotopic (exact) mass is 259 g/mol. The maximum atomic E-state index is 10.6. The lowest BCUT2D eigenvalue weighted by Gasteiger charge is -1.96. The Morgan fingerprint density at radius 2 is 1.86 bits per heavy atom. The summed E-state index contributed by atoms with van der Waals surface area (Å²) in [4.78, 5) is 10.6. The molecule has 2 aromatic rings. The van der Waals surface area contributed by atoms with Crippen LogP contribution in [0.3, 0.4) is 0 Å². The third-order valence-corrected chi connectivity index (χ3v) is 1.66. The highest BCUT2D eigenvalue weighted by atomic mass is 79.9. The molecule has 0 aliphatic rings. The van der Waals surface area contributed by atoms with E-state index in [0.29, 0.717) is 11.0 Å². The van der Waals surface area contributed by atoms with E-state index < -0.39 is 5.97 Å². The molecule has 74 valence electrons. The first-order chi connectivity index (χ1) is 6.18. The highest BCUT2D eigenvalue weighted by Crippen LogP contribution is 2.21. The van der Waals surface area contributed by atoms with Crippen LogP contribution in [0, 0.1) is 0 Å². The molecule has 0 bridgehead atoms. The van der Waals surface area contributed by atoms with E-state index >= 15 is 0 Å². The highest BCUT2D eigenvalue weighted by molar-refractivity contribution is 8.93. The largest absolute Gasteiger partial charge is 0.507 e. The molecule has 14 heavy (non-hydrogen) atoms. The second-order valence-electron chi connectivity index (χ2n) is 2.49. The van der Waals surface area contributed by atoms with Crippen molar-refractivity contribution in [1.29, 1.82) is 0 Å². The van der Waals surface area contributed by atoms with Crippen LogP contribution in [0.25, 0.3) is 11.0 Å². The van der Waals surface area contributed by atoms with Gasteiger partial charge in [-0.3, -0.25) is 0 Å². The maximum Gasteiger partial charge on any atom is 0.339 e. The zero-order valence-corrected chi connectivity index (χ0v) is 8.47. The fraction of sp³-hybridized carbons (Fsp3) is 0. The topological polar surface area (TPSA) is 99.1 Å². The number of aromatic nitrogens is 3. The summed E-state index contributed by atoms with van der Waals surface area (Å²) in [5.74, 6) is -1.50. The summed E-state index contributed by atoms with van der Waals surface area (Å²) >= 11 is 0. The fourth-order valence-electron chi connectivity index (χ4n) is 1.05. The van der Waals surface area contributed by atoms with E-state index in [0.717, 1.165) is 0 Å². The molecule has 0 saturated carbocycles. The van der Waals surface area contributed by atoms with Gasteiger partial charge in [0.1, 0.15) is 22.3 Å². The predicted octanol–water partition coefficient (Wildman–Crippen LogP) is 0.940. The molecule has 1 aromatic carbocycles. The summed E-state index contributed by atoms with van der Waals surface area (Å²) in [5, 5.41) is 27.6. The van der Waals surface area contributed by atoms with E-state index in [-0.39, 0.29) is 28.3 Å². The number of rotatable bonds is 1. The molecule has 0 fully saturated rings. The molecule has 0 spiro atoms. The Hall–Kier alpha value is -1.63. The van der Waals surface area contributed by atoms with Crippen LogP contribution >= 0.6 is 17.0 Å². The van der Waals surface area contributed by atoms with E-state index in [9.17, 15) is 9.90 Å². The minimum Gasteiger partial charge on any atom is -0.507 e. The van der Waals surface area contributed by atoms with Crippen molar-refractivity contribution in [1.82, 2.24) is 15.4 Å². The lowest BCUT2D eigenvalue weighted by molar-refractivity contribution is 0.0694. The molecule has 1 heterocycles. The molecule has 0 atom stereocenters. The molecule has 0 amide bonds. The average Bonchev–Trinajstić information content (AvgIpc) is 2.48. The normalized spacial score (nSPS) is 9.71. The number of nitrogens with zero attached hydrogens (tertiary/aromatic N) is 2. The van der Waals surface area contributed by atoms with Gasteiger partial charge in [-0.2, -0.15) is 15.4 Å². The smallest absolute Gasteiger partial charge is 0.339 e. The summed E-state index contributed by atoms with van der Waals surface area (Å²) < 4.78 is 0. The summed E-state index contributed by atoms with van der Waals surface area (Å²) in [6, 6.07) is 2.51. The zero-order chi connectivity index (χ0) is 9.42. The summed E-state index contributed by atoms with van der Waals surface area (Å²) in [6.45, 7) is 0. The van der Waals surface area contributed by atoms with Crippen LogP contribution in [0.1, 0.15) is 10.4 Å². The van der Waals surface area contributed by atoms with E-state index in [2.05, 4.69) is 15.4 Å². The second kappa shape index (κ2) is 3.62. The molecule has 3 N–H and O–H groups in total. The number of hydrogen-bond donors (Lipinski definition) is 3. The van der Waals surface area contributed by atoms with E-state index in [1.807, 2.05) is 0 Å². The fourth-order valence-corrected chi connectivity index (χ4v) is 1.05. The van der Waals surface area contributed by atoms with Crippen LogP contribution in [-0.2, 0) is 0 Å². The van der Waals surface area contributed by atoms with Crippen LogP contribution in [0.15, 0.2) is 12.1 Å². The molecule has 0 saturated heterocycles. The Bertz CT molecular complexity index is 482. The Morgan fingerprint density at radius 3 is 2.43 bits per heavy atom. The van der Waals surface area contributed by atoms with Crippen LogP contribution in [-0.4, -0.2) is 31.6 Å². The van der Waals surface area contributed by atoms with Gasteiger partial charge in [0.05, 0.1) is 0 Å². The first-order valence-corrected chi connectivity index (χ1v) is 3.45. The Balaban J connectivity index is 0.000000980. The minimum absolute atomic E-state index is 0. The van der Waals surface area contributed by atoms with Gasteiger partial charge < -0.3 is 10.2 Å². The molecular weight excluding hydrogens is 254 g/mol. The number of halogens is 1. The molecule has 0 radical (unpaired) electrons. The summed E-state index contributed by atoms with van der Waals surface area (Å²) in [5.41, 5.74) is 0.666. The van der Waals surface area contributed by atoms with Crippen molar-refractivity contribution >= 4 is 34.0 Å². The quantitative estimate of drug-likeness (QED) is 0.708. The number of carboxylic acids is 1. The van der Waals surface area contributed by atoms with Crippen molar-refractivity contribution in [3.05, 3.63) is 17.7 Å². The van der Waals surface area contributed by atoms with Crippen molar-refractivity contribution in [2.45, 2.75) is 0 Å². The van der Waals surface area contributed by atoms with Gasteiger partial charge in [-0.25, -0.2) is 4.79 Å². The standard InChI is InChI=1S/C7H5N3O3.BrH/c11-6-2-5-4(8-10-9-5)1-3(6)7(12)13;/h1-2,11H,(H,12,13)(H,8,9,10);1H. The van der Waals surface area contributed by atoms with Crippen molar-refractivity contribution < 1.29 is 15.0 Å². The van der Waals surface area contributed by atoms with Crippen LogP contribution in [0.4, 0.5) is 0 Å². The number of aromatic amines is 1. The van der Waals surface area contributed by atoms with Crippen LogP contribution < -0.4 is 0 Å². The Labute approximate surface area is 88.3 Å². The van der Waals surface area contributed by atoms with Gasteiger partial charge in [0, 0.05) is 6.07 Å². The van der Waals surface area contributed by atoms with Crippen molar-refractivity contribution in [3.8, 4) is 5.75 Å². The Kier molecular flexibility index (Phi) is 2.70. The van der Waals surface area contributed by atoms with Gasteiger partial charge in [-0.15, -0.1) is 17.0 Å². The van der Waals surface area contributed by atoms with Gasteiger partial charge in [0.25, 0.3) is 0 Å². The van der Waals surface area contributed by atoms with Gasteiger partial charge in [0.2, 0.25) is 0 Å². The number of nitrogens with one attached hydrogen (secondary N) is 1. The van der Waals surface area contributed by atoms with E-state index in [1.54, 1.807) is 0 Å². The van der Waals surface area contributed by atoms with Gasteiger partial charge in [0.15, 0.2) is 0 Å². The zero-order valence-electron chi connectivity index (χ0n) is 6.76. The molecule has 0 aliphatic heterocycles. The average molecular weight is 260 g/mol. The highest BCUT2D eigenvalue weighted by Gasteiger charge is 2.12. The molecule has 2 rings (SSSR count). The first kappa shape index (κ1) is 10.5. The van der Waals surface area contributed by atoms with Crippen molar-refractivity contribution in [2.75, 3.05) is 0 Å². The van der Waals surface area contributed by atoms with Crippen molar-refractivity contribution in [3.63, 3.8) is 0 Å². The molecule has 1 aromatic heterocycles. The lowest BCUT2D eigenvalue weighted by atomic mass is 10.2. The first-order valence-electron chi connectivity index (χ1n) is 3.45. The molecule has 6 nitrogen and oxygen atoms in total. The van der Waals surface area contributed by atoms with Gasteiger partial charge in [-0.1, -0.05) is 0 Å². The summed E-state index contributed by atoms with van der Waals surface area (Å²) in [6.07, 6.45) is 0. The van der Waals surface area contributed by atoms with Gasteiger partial charge >= 0.3 is 5.97 Å². The summed E-state index contributed by atoms with van der Waals surface area (Å²) in [7, 11) is 0. The number of benzene rings is 1. The van der Waals surface area contributed by atoms with E-state index in [4.69, 9.17) is 5.11 Å². The number of aromatic carboxylic acids is 1. The van der Waals surface area contributed by atoms with E-state index in [1.165, 1.54) is 12.1 Å². The molecule has 0 unspecified atom stereocenters. The third kappa shape index (κ3) is 1.53. The molecular formula is C7H6BrN3O3. The number of H-pyrrole nitrogens is 1. The number of hydrogen-bond acceptors (Lipinski definition) is 4. The van der Waals surface area contributed by atoms with Gasteiger partial charge in [-0.05, 0) is 6.07 Å². The lowest BCUT2D eigenvalue weighted by Crippen LogP contribution is -1.96. The van der Waals surface area contributed by atoms with Crippen LogP contribution in [0.5, 0.6) is 5.75 Å². The minimum atomic E-state index is -1.19. The molecule has 0 aliphatic carbocycles. The number of phenols is 1. The third-order valence-electron chi connectivity index (χ3n) is 1.66. The van der Waals surface area contributed by atoms with Crippen molar-refractivity contribution in [2.24, 2.45) is 0 Å². The number of carbonyl (C=O) groups is 1. The Morgan fingerprint density at radius 1 is 1.29 bits per heavy atom. The number of carboxylic acid groups (broad SMARTS) is 1. The number of fused-ring (bicyclic) bond motifs is 1. The maximum absolute atomic E-state index is 10.6. The number of aromatic hydroxyl groups is 1. The van der Waals surface area contributed by atoms with Crippen LogP contribution in [0.2, 0.25) is 0 Å². The second-order valence-corrected chi connectivity index (χ2v) is 2.49. The molecule has 7 heteroatoms. The SMILES string of the molecule is Br.O=C(O)c1cc2n[nH]nc2cc1O. The predicted molar refractivity (Wildman–Crippen MR) is 52.8 cm³/mol.